The van der Waals surface area contributed by atoms with Gasteiger partial charge in [-0.25, -0.2) is 0 Å². The molecule has 29 heavy (non-hydrogen) atoms. The smallest absolute Gasteiger partial charge is 0.176 e. The second-order valence-electron chi connectivity index (χ2n) is 9.15. The molecule has 2 bridgehead atoms. The number of hydrogen-bond acceptors (Lipinski definition) is 6. The summed E-state index contributed by atoms with van der Waals surface area (Å²) in [6, 6.07) is 10.5. The molecule has 5 rings (SSSR count). The normalized spacial score (nSPS) is 36.4. The summed E-state index contributed by atoms with van der Waals surface area (Å²) in [7, 11) is 0. The van der Waals surface area contributed by atoms with Gasteiger partial charge in [0.25, 0.3) is 0 Å². The number of ether oxygens (including phenoxy) is 2. The average molecular weight is 402 g/mol. The van der Waals surface area contributed by atoms with Gasteiger partial charge in [-0.15, -0.1) is 0 Å². The Kier molecular flexibility index (Phi) is 6.07. The minimum atomic E-state index is -0.451. The molecule has 1 aromatic rings. The maximum atomic E-state index is 11.3. The van der Waals surface area contributed by atoms with Crippen LogP contribution in [0.1, 0.15) is 32.1 Å². The SMILES string of the molecule is O[C@H]1[C@H](NCC2CCCCC2)[C@@H]2CO[C@H](O2)[C@H]1N1CCN(c2ccccc2)CC1. The number of nitrogens with zero attached hydrogens (tertiary/aromatic N) is 2. The predicted octanol–water partition coefficient (Wildman–Crippen LogP) is 1.83. The number of nitrogens with one attached hydrogen (secondary N) is 1. The molecule has 3 aliphatic heterocycles. The van der Waals surface area contributed by atoms with Crippen LogP contribution in [0.15, 0.2) is 30.3 Å². The maximum Gasteiger partial charge on any atom is 0.176 e. The maximum absolute atomic E-state index is 11.3. The third-order valence-corrected chi connectivity index (χ3v) is 7.36. The zero-order valence-electron chi connectivity index (χ0n) is 17.3. The third kappa shape index (κ3) is 4.19. The monoisotopic (exact) mass is 401 g/mol. The first-order chi connectivity index (χ1) is 14.3. The van der Waals surface area contributed by atoms with Gasteiger partial charge >= 0.3 is 0 Å². The molecule has 0 amide bonds. The molecule has 160 valence electrons. The lowest BCUT2D eigenvalue weighted by Gasteiger charge is -2.47. The summed E-state index contributed by atoms with van der Waals surface area (Å²) in [6.45, 7) is 5.33. The molecule has 1 aromatic carbocycles. The summed E-state index contributed by atoms with van der Waals surface area (Å²) in [5.41, 5.74) is 1.27. The van der Waals surface area contributed by atoms with Crippen molar-refractivity contribution in [2.45, 2.75) is 62.7 Å². The molecule has 3 saturated heterocycles. The third-order valence-electron chi connectivity index (χ3n) is 7.36. The fraction of sp³-hybridized carbons (Fsp3) is 0.739. The molecule has 0 spiro atoms. The topological polar surface area (TPSA) is 57.2 Å². The van der Waals surface area contributed by atoms with E-state index in [0.29, 0.717) is 6.61 Å². The average Bonchev–Trinajstić information content (AvgIpc) is 3.20. The largest absolute Gasteiger partial charge is 0.390 e. The molecule has 5 atom stereocenters. The van der Waals surface area contributed by atoms with Crippen molar-refractivity contribution in [2.75, 3.05) is 44.2 Å². The van der Waals surface area contributed by atoms with Crippen molar-refractivity contribution in [3.63, 3.8) is 0 Å². The first-order valence-corrected chi connectivity index (χ1v) is 11.5. The van der Waals surface area contributed by atoms with Crippen LogP contribution >= 0.6 is 0 Å². The second-order valence-corrected chi connectivity index (χ2v) is 9.15. The van der Waals surface area contributed by atoms with E-state index in [-0.39, 0.29) is 24.5 Å². The van der Waals surface area contributed by atoms with Crippen molar-refractivity contribution >= 4 is 5.69 Å². The van der Waals surface area contributed by atoms with Crippen LogP contribution in [0.5, 0.6) is 0 Å². The van der Waals surface area contributed by atoms with Crippen molar-refractivity contribution < 1.29 is 14.6 Å². The molecule has 4 aliphatic rings. The molecule has 3 heterocycles. The first kappa shape index (κ1) is 19.8. The van der Waals surface area contributed by atoms with Gasteiger partial charge in [-0.1, -0.05) is 37.5 Å². The number of hydrogen-bond donors (Lipinski definition) is 2. The van der Waals surface area contributed by atoms with Crippen molar-refractivity contribution in [1.29, 1.82) is 0 Å². The predicted molar refractivity (Wildman–Crippen MR) is 113 cm³/mol. The molecule has 0 radical (unpaired) electrons. The minimum Gasteiger partial charge on any atom is -0.390 e. The number of para-hydroxylation sites is 1. The van der Waals surface area contributed by atoms with Crippen molar-refractivity contribution in [1.82, 2.24) is 10.2 Å². The standard InChI is InChI=1S/C23H35N3O3/c27-22-20(24-15-17-7-3-1-4-8-17)19-16-28-23(29-19)21(22)26-13-11-25(12-14-26)18-9-5-2-6-10-18/h2,5-6,9-10,17,19-24,27H,1,3-4,7-8,11-16H2/t19-,20+,21-,22-,23+/m0/s1. The minimum absolute atomic E-state index is 0.0274. The van der Waals surface area contributed by atoms with E-state index >= 15 is 0 Å². The number of aliphatic hydroxyl groups is 1. The summed E-state index contributed by atoms with van der Waals surface area (Å²) >= 11 is 0. The molecule has 1 aliphatic carbocycles. The van der Waals surface area contributed by atoms with E-state index in [1.807, 2.05) is 0 Å². The Morgan fingerprint density at radius 2 is 1.76 bits per heavy atom. The quantitative estimate of drug-likeness (QED) is 0.785. The Hall–Kier alpha value is -1.18. The van der Waals surface area contributed by atoms with Gasteiger partial charge in [-0.3, -0.25) is 4.90 Å². The van der Waals surface area contributed by atoms with E-state index < -0.39 is 6.10 Å². The van der Waals surface area contributed by atoms with Crippen molar-refractivity contribution in [2.24, 2.45) is 5.92 Å². The van der Waals surface area contributed by atoms with E-state index in [1.54, 1.807) is 0 Å². The summed E-state index contributed by atoms with van der Waals surface area (Å²) in [4.78, 5) is 4.80. The summed E-state index contributed by atoms with van der Waals surface area (Å²) in [6.07, 6.45) is 5.91. The molecule has 0 aromatic heterocycles. The van der Waals surface area contributed by atoms with Gasteiger partial charge in [-0.2, -0.15) is 0 Å². The van der Waals surface area contributed by atoms with E-state index in [0.717, 1.165) is 38.6 Å². The number of rotatable bonds is 5. The lowest BCUT2D eigenvalue weighted by molar-refractivity contribution is -0.183. The second kappa shape index (κ2) is 8.90. The number of anilines is 1. The van der Waals surface area contributed by atoms with Crippen molar-refractivity contribution in [3.8, 4) is 0 Å². The Balaban J connectivity index is 1.20. The summed E-state index contributed by atoms with van der Waals surface area (Å²) in [5, 5.41) is 15.0. The highest BCUT2D eigenvalue weighted by Crippen LogP contribution is 2.33. The lowest BCUT2D eigenvalue weighted by atomic mass is 9.88. The molecule has 6 heteroatoms. The van der Waals surface area contributed by atoms with Gasteiger partial charge in [-0.05, 0) is 37.4 Å². The van der Waals surface area contributed by atoms with E-state index in [2.05, 4.69) is 45.4 Å². The molecule has 1 saturated carbocycles. The highest BCUT2D eigenvalue weighted by molar-refractivity contribution is 5.46. The highest BCUT2D eigenvalue weighted by atomic mass is 16.7. The zero-order valence-corrected chi connectivity index (χ0v) is 17.3. The Morgan fingerprint density at radius 1 is 1.00 bits per heavy atom. The van der Waals surface area contributed by atoms with Gasteiger partial charge in [0.2, 0.25) is 0 Å². The fourth-order valence-electron chi connectivity index (χ4n) is 5.65. The van der Waals surface area contributed by atoms with E-state index in [9.17, 15) is 5.11 Å². The van der Waals surface area contributed by atoms with Crippen LogP contribution in [0.4, 0.5) is 5.69 Å². The Bertz CT molecular complexity index is 646. The molecule has 2 N–H and O–H groups in total. The van der Waals surface area contributed by atoms with Crippen LogP contribution in [0.2, 0.25) is 0 Å². The molecular weight excluding hydrogens is 366 g/mol. The molecule has 6 nitrogen and oxygen atoms in total. The van der Waals surface area contributed by atoms with Crippen LogP contribution in [0.25, 0.3) is 0 Å². The van der Waals surface area contributed by atoms with E-state index in [1.165, 1.54) is 37.8 Å². The van der Waals surface area contributed by atoms with Crippen LogP contribution in [0, 0.1) is 5.92 Å². The number of fused-ring (bicyclic) bond motifs is 2. The van der Waals surface area contributed by atoms with Gasteiger partial charge in [0.05, 0.1) is 24.8 Å². The van der Waals surface area contributed by atoms with Crippen LogP contribution in [0.3, 0.4) is 0 Å². The van der Waals surface area contributed by atoms with Gasteiger partial charge in [0, 0.05) is 31.9 Å². The zero-order chi connectivity index (χ0) is 19.6. The number of aliphatic hydroxyl groups excluding tert-OH is 1. The number of piperazine rings is 1. The van der Waals surface area contributed by atoms with Crippen LogP contribution < -0.4 is 10.2 Å². The molecular formula is C23H35N3O3. The fourth-order valence-corrected chi connectivity index (χ4v) is 5.65. The Labute approximate surface area is 174 Å². The molecule has 0 unspecified atom stereocenters. The Morgan fingerprint density at radius 3 is 2.52 bits per heavy atom. The van der Waals surface area contributed by atoms with Crippen LogP contribution in [-0.4, -0.2) is 79.9 Å². The van der Waals surface area contributed by atoms with Crippen LogP contribution in [-0.2, 0) is 9.47 Å². The highest BCUT2D eigenvalue weighted by Gasteiger charge is 2.52. The van der Waals surface area contributed by atoms with E-state index in [4.69, 9.17) is 9.47 Å². The molecule has 4 fully saturated rings. The summed E-state index contributed by atoms with van der Waals surface area (Å²) in [5.74, 6) is 0.740. The number of benzene rings is 1. The van der Waals surface area contributed by atoms with Gasteiger partial charge in [0.1, 0.15) is 6.10 Å². The van der Waals surface area contributed by atoms with Gasteiger partial charge < -0.3 is 24.8 Å². The van der Waals surface area contributed by atoms with Crippen molar-refractivity contribution in [3.05, 3.63) is 30.3 Å². The lowest BCUT2D eigenvalue weighted by Crippen LogP contribution is -2.66. The first-order valence-electron chi connectivity index (χ1n) is 11.5. The summed E-state index contributed by atoms with van der Waals surface area (Å²) < 4.78 is 12.2. The van der Waals surface area contributed by atoms with Gasteiger partial charge in [0.15, 0.2) is 6.29 Å².